The van der Waals surface area contributed by atoms with E-state index in [0.717, 1.165) is 31.9 Å². The smallest absolute Gasteiger partial charge is 0.146 e. The molecule has 0 aromatic carbocycles. The van der Waals surface area contributed by atoms with Gasteiger partial charge in [0.25, 0.3) is 0 Å². The topological polar surface area (TPSA) is 52.0 Å². The minimum atomic E-state index is 0.465. The third kappa shape index (κ3) is 2.00. The summed E-state index contributed by atoms with van der Waals surface area (Å²) in [7, 11) is 0. The summed E-state index contributed by atoms with van der Waals surface area (Å²) in [6, 6.07) is 6.31. The predicted molar refractivity (Wildman–Crippen MR) is 63.2 cm³/mol. The molecule has 2 rings (SSSR count). The highest BCUT2D eigenvalue weighted by molar-refractivity contribution is 5.54. The summed E-state index contributed by atoms with van der Waals surface area (Å²) < 4.78 is 0. The Labute approximate surface area is 95.9 Å². The van der Waals surface area contributed by atoms with E-state index in [-0.39, 0.29) is 0 Å². The normalized spacial score (nSPS) is 19.4. The van der Waals surface area contributed by atoms with Crippen LogP contribution < -0.4 is 10.2 Å². The Hall–Kier alpha value is -1.60. The third-order valence-corrected chi connectivity index (χ3v) is 2.99. The molecule has 1 unspecified atom stereocenters. The number of rotatable bonds is 3. The largest absolute Gasteiger partial charge is 0.351 e. The van der Waals surface area contributed by atoms with Crippen LogP contribution in [0, 0.1) is 11.3 Å². The molecule has 1 aliphatic rings. The summed E-state index contributed by atoms with van der Waals surface area (Å²) in [5, 5.41) is 12.4. The zero-order valence-electron chi connectivity index (χ0n) is 9.48. The number of anilines is 1. The lowest BCUT2D eigenvalue weighted by Crippen LogP contribution is -2.37. The van der Waals surface area contributed by atoms with Crippen LogP contribution in [0.4, 0.5) is 5.82 Å². The van der Waals surface area contributed by atoms with E-state index in [9.17, 15) is 0 Å². The van der Waals surface area contributed by atoms with Gasteiger partial charge >= 0.3 is 0 Å². The number of hydrogen-bond acceptors (Lipinski definition) is 4. The van der Waals surface area contributed by atoms with Gasteiger partial charge in [-0.05, 0) is 32.0 Å². The quantitative estimate of drug-likeness (QED) is 0.823. The zero-order valence-corrected chi connectivity index (χ0v) is 9.48. The Bertz CT molecular complexity index is 390. The van der Waals surface area contributed by atoms with Crippen LogP contribution in [0.5, 0.6) is 0 Å². The molecule has 4 heteroatoms. The average Bonchev–Trinajstić information content (AvgIpc) is 2.84. The Morgan fingerprint density at radius 2 is 2.56 bits per heavy atom. The first-order chi connectivity index (χ1) is 7.86. The van der Waals surface area contributed by atoms with Crippen molar-refractivity contribution in [3.05, 3.63) is 23.9 Å². The van der Waals surface area contributed by atoms with Crippen LogP contribution in [-0.4, -0.2) is 30.7 Å². The second-order valence-electron chi connectivity index (χ2n) is 3.92. The number of nitrogens with zero attached hydrogens (tertiary/aromatic N) is 3. The molecule has 16 heavy (non-hydrogen) atoms. The number of likely N-dealkylation sites (N-methyl/N-ethyl adjacent to an activating group) is 1. The highest BCUT2D eigenvalue weighted by atomic mass is 15.2. The van der Waals surface area contributed by atoms with Gasteiger partial charge in [0.1, 0.15) is 11.9 Å². The van der Waals surface area contributed by atoms with Crippen molar-refractivity contribution >= 4 is 5.82 Å². The van der Waals surface area contributed by atoms with Gasteiger partial charge in [-0.3, -0.25) is 0 Å². The molecule has 1 saturated heterocycles. The van der Waals surface area contributed by atoms with Crippen molar-refractivity contribution in [2.75, 3.05) is 24.5 Å². The molecule has 4 nitrogen and oxygen atoms in total. The van der Waals surface area contributed by atoms with Gasteiger partial charge in [-0.15, -0.1) is 0 Å². The molecule has 2 heterocycles. The number of hydrogen-bond donors (Lipinski definition) is 1. The van der Waals surface area contributed by atoms with Gasteiger partial charge in [0.2, 0.25) is 0 Å². The highest BCUT2D eigenvalue weighted by Crippen LogP contribution is 2.21. The van der Waals surface area contributed by atoms with E-state index in [1.807, 2.05) is 12.1 Å². The molecule has 0 amide bonds. The van der Waals surface area contributed by atoms with Crippen LogP contribution in [0.1, 0.15) is 18.9 Å². The minimum absolute atomic E-state index is 0.465. The Morgan fingerprint density at radius 1 is 1.69 bits per heavy atom. The lowest BCUT2D eigenvalue weighted by atomic mass is 10.2. The van der Waals surface area contributed by atoms with Crippen LogP contribution in [0.2, 0.25) is 0 Å². The van der Waals surface area contributed by atoms with Crippen LogP contribution in [0.25, 0.3) is 0 Å². The Balaban J connectivity index is 2.29. The first-order valence-electron chi connectivity index (χ1n) is 5.69. The molecule has 1 atom stereocenters. The number of nitrogens with one attached hydrogen (secondary N) is 1. The summed E-state index contributed by atoms with van der Waals surface area (Å²) in [5.41, 5.74) is 0.663. The standard InChI is InChI=1S/C12H16N4/c1-2-16(11-5-7-14-9-11)12-10(8-13)4-3-6-15-12/h3-4,6,11,14H,2,5,7,9H2,1H3. The van der Waals surface area contributed by atoms with E-state index in [2.05, 4.69) is 28.2 Å². The summed E-state index contributed by atoms with van der Waals surface area (Å²) in [5.74, 6) is 0.821. The number of pyridine rings is 1. The van der Waals surface area contributed by atoms with E-state index in [0.29, 0.717) is 11.6 Å². The molecule has 0 radical (unpaired) electrons. The first-order valence-corrected chi connectivity index (χ1v) is 5.69. The van der Waals surface area contributed by atoms with Gasteiger partial charge in [0.05, 0.1) is 5.56 Å². The van der Waals surface area contributed by atoms with Crippen molar-refractivity contribution < 1.29 is 0 Å². The molecule has 0 spiro atoms. The lowest BCUT2D eigenvalue weighted by Gasteiger charge is -2.28. The lowest BCUT2D eigenvalue weighted by molar-refractivity contribution is 0.640. The van der Waals surface area contributed by atoms with Crippen molar-refractivity contribution in [3.8, 4) is 6.07 Å². The van der Waals surface area contributed by atoms with Crippen molar-refractivity contribution in [2.45, 2.75) is 19.4 Å². The van der Waals surface area contributed by atoms with E-state index in [1.165, 1.54) is 0 Å². The van der Waals surface area contributed by atoms with Crippen LogP contribution in [0.15, 0.2) is 18.3 Å². The monoisotopic (exact) mass is 216 g/mol. The summed E-state index contributed by atoms with van der Waals surface area (Å²) in [6.45, 7) is 5.03. The first kappa shape index (κ1) is 10.9. The van der Waals surface area contributed by atoms with E-state index < -0.39 is 0 Å². The third-order valence-electron chi connectivity index (χ3n) is 2.99. The molecule has 1 fully saturated rings. The molecule has 1 N–H and O–H groups in total. The summed E-state index contributed by atoms with van der Waals surface area (Å²) >= 11 is 0. The molecular formula is C12H16N4. The molecule has 0 saturated carbocycles. The second-order valence-corrected chi connectivity index (χ2v) is 3.92. The van der Waals surface area contributed by atoms with Gasteiger partial charge in [-0.1, -0.05) is 0 Å². The summed E-state index contributed by atoms with van der Waals surface area (Å²) in [6.07, 6.45) is 2.87. The predicted octanol–water partition coefficient (Wildman–Crippen LogP) is 1.14. The highest BCUT2D eigenvalue weighted by Gasteiger charge is 2.23. The van der Waals surface area contributed by atoms with E-state index in [4.69, 9.17) is 5.26 Å². The fourth-order valence-electron chi connectivity index (χ4n) is 2.20. The van der Waals surface area contributed by atoms with Gasteiger partial charge in [-0.25, -0.2) is 4.98 Å². The van der Waals surface area contributed by atoms with Gasteiger partial charge in [0, 0.05) is 25.3 Å². The van der Waals surface area contributed by atoms with Crippen molar-refractivity contribution in [1.82, 2.24) is 10.3 Å². The molecule has 1 aromatic heterocycles. The fourth-order valence-corrected chi connectivity index (χ4v) is 2.20. The zero-order chi connectivity index (χ0) is 11.4. The number of aromatic nitrogens is 1. The molecule has 84 valence electrons. The van der Waals surface area contributed by atoms with Crippen LogP contribution in [0.3, 0.4) is 0 Å². The maximum atomic E-state index is 9.07. The van der Waals surface area contributed by atoms with Crippen LogP contribution in [-0.2, 0) is 0 Å². The SMILES string of the molecule is CCN(c1ncccc1C#N)C1CCNC1. The van der Waals surface area contributed by atoms with Crippen LogP contribution >= 0.6 is 0 Å². The van der Waals surface area contributed by atoms with Crippen molar-refractivity contribution in [1.29, 1.82) is 5.26 Å². The summed E-state index contributed by atoms with van der Waals surface area (Å²) in [4.78, 5) is 6.56. The minimum Gasteiger partial charge on any atom is -0.351 e. The average molecular weight is 216 g/mol. The molecular weight excluding hydrogens is 200 g/mol. The Kier molecular flexibility index (Phi) is 3.37. The molecule has 1 aliphatic heterocycles. The van der Waals surface area contributed by atoms with Gasteiger partial charge in [0.15, 0.2) is 0 Å². The van der Waals surface area contributed by atoms with E-state index >= 15 is 0 Å². The second kappa shape index (κ2) is 4.95. The number of nitriles is 1. The van der Waals surface area contributed by atoms with Gasteiger partial charge < -0.3 is 10.2 Å². The Morgan fingerprint density at radius 3 is 3.19 bits per heavy atom. The fraction of sp³-hybridized carbons (Fsp3) is 0.500. The van der Waals surface area contributed by atoms with Crippen molar-refractivity contribution in [2.24, 2.45) is 0 Å². The van der Waals surface area contributed by atoms with E-state index in [1.54, 1.807) is 6.20 Å². The maximum absolute atomic E-state index is 9.07. The molecule has 1 aromatic rings. The maximum Gasteiger partial charge on any atom is 0.146 e. The molecule has 0 aliphatic carbocycles. The van der Waals surface area contributed by atoms with Crippen molar-refractivity contribution in [3.63, 3.8) is 0 Å². The molecule has 0 bridgehead atoms. The van der Waals surface area contributed by atoms with Gasteiger partial charge in [-0.2, -0.15) is 5.26 Å².